The van der Waals surface area contributed by atoms with Crippen molar-refractivity contribution in [1.29, 1.82) is 0 Å². The highest BCUT2D eigenvalue weighted by molar-refractivity contribution is 7.10. The summed E-state index contributed by atoms with van der Waals surface area (Å²) in [6.07, 6.45) is 8.53. The molecule has 4 heteroatoms. The summed E-state index contributed by atoms with van der Waals surface area (Å²) < 4.78 is 5.70. The molecule has 0 aliphatic carbocycles. The molecule has 1 aromatic rings. The van der Waals surface area contributed by atoms with Gasteiger partial charge in [0.1, 0.15) is 0 Å². The Morgan fingerprint density at radius 1 is 1.16 bits per heavy atom. The molecule has 0 fully saturated rings. The average molecular weight is 368 g/mol. The van der Waals surface area contributed by atoms with E-state index in [2.05, 4.69) is 44.5 Å². The topological polar surface area (TPSA) is 38.3 Å². The highest BCUT2D eigenvalue weighted by Gasteiger charge is 2.26. The van der Waals surface area contributed by atoms with Crippen molar-refractivity contribution in [2.45, 2.75) is 97.6 Å². The van der Waals surface area contributed by atoms with Crippen LogP contribution >= 0.6 is 11.3 Å². The third-order valence-electron chi connectivity index (χ3n) is 4.62. The van der Waals surface area contributed by atoms with Gasteiger partial charge < -0.3 is 10.1 Å². The van der Waals surface area contributed by atoms with Gasteiger partial charge in [0.2, 0.25) is 0 Å². The molecule has 2 unspecified atom stereocenters. The maximum absolute atomic E-state index is 11.6. The minimum absolute atomic E-state index is 0.179. The molecule has 0 aliphatic rings. The second kappa shape index (κ2) is 12.5. The van der Waals surface area contributed by atoms with Crippen molar-refractivity contribution in [3.05, 3.63) is 21.9 Å². The summed E-state index contributed by atoms with van der Waals surface area (Å²) >= 11 is 1.71. The molecule has 0 saturated heterocycles. The number of hydrogen-bond donors (Lipinski definition) is 1. The van der Waals surface area contributed by atoms with E-state index in [9.17, 15) is 4.79 Å². The van der Waals surface area contributed by atoms with Crippen LogP contribution < -0.4 is 5.32 Å². The minimum Gasteiger partial charge on any atom is -0.455 e. The van der Waals surface area contributed by atoms with E-state index in [4.69, 9.17) is 4.74 Å². The zero-order valence-corrected chi connectivity index (χ0v) is 17.6. The first-order valence-electron chi connectivity index (χ1n) is 9.98. The lowest BCUT2D eigenvalue weighted by Gasteiger charge is -2.26. The summed E-state index contributed by atoms with van der Waals surface area (Å²) in [6.45, 7) is 11.3. The molecule has 0 spiro atoms. The zero-order valence-electron chi connectivity index (χ0n) is 16.8. The Balaban J connectivity index is 2.59. The van der Waals surface area contributed by atoms with Crippen LogP contribution in [0, 0.1) is 0 Å². The third-order valence-corrected chi connectivity index (χ3v) is 5.63. The van der Waals surface area contributed by atoms with E-state index in [0.717, 1.165) is 17.8 Å². The Bertz CT molecular complexity index is 484. The Morgan fingerprint density at radius 3 is 2.40 bits per heavy atom. The number of hydrogen-bond acceptors (Lipinski definition) is 4. The standard InChI is InChI=1S/C21H37NO2S/c1-6-8-9-10-11-12-13-22-19(7-2)21(24-17(5)23)20-14-18(15-25-20)16(3)4/h14-16,19,21-22H,6-13H2,1-5H3. The van der Waals surface area contributed by atoms with E-state index in [-0.39, 0.29) is 18.1 Å². The number of carbonyl (C=O) groups excluding carboxylic acids is 1. The van der Waals surface area contributed by atoms with Crippen molar-refractivity contribution < 1.29 is 9.53 Å². The van der Waals surface area contributed by atoms with Gasteiger partial charge in [0.15, 0.2) is 6.10 Å². The molecule has 0 aliphatic heterocycles. The van der Waals surface area contributed by atoms with Gasteiger partial charge in [0.25, 0.3) is 0 Å². The molecule has 144 valence electrons. The van der Waals surface area contributed by atoms with Crippen molar-refractivity contribution in [3.8, 4) is 0 Å². The molecule has 1 rings (SSSR count). The summed E-state index contributed by atoms with van der Waals surface area (Å²) in [5.41, 5.74) is 1.32. The molecular formula is C21H37NO2S. The molecule has 1 heterocycles. The van der Waals surface area contributed by atoms with Gasteiger partial charge in [-0.2, -0.15) is 0 Å². The molecule has 3 nitrogen and oxygen atoms in total. The number of esters is 1. The first kappa shape index (κ1) is 22.2. The number of unbranched alkanes of at least 4 members (excludes halogenated alkanes) is 5. The van der Waals surface area contributed by atoms with E-state index in [1.807, 2.05) is 0 Å². The van der Waals surface area contributed by atoms with Crippen LogP contribution in [-0.2, 0) is 9.53 Å². The first-order valence-corrected chi connectivity index (χ1v) is 10.9. The number of carbonyl (C=O) groups is 1. The molecule has 0 saturated carbocycles. The molecule has 25 heavy (non-hydrogen) atoms. The second-order valence-corrected chi connectivity index (χ2v) is 8.15. The van der Waals surface area contributed by atoms with Gasteiger partial charge in [0, 0.05) is 17.8 Å². The second-order valence-electron chi connectivity index (χ2n) is 7.20. The lowest BCUT2D eigenvalue weighted by molar-refractivity contribution is -0.148. The maximum atomic E-state index is 11.6. The van der Waals surface area contributed by atoms with Crippen molar-refractivity contribution >= 4 is 17.3 Å². The molecular weight excluding hydrogens is 330 g/mol. The molecule has 2 atom stereocenters. The fourth-order valence-corrected chi connectivity index (χ4v) is 4.16. The summed E-state index contributed by atoms with van der Waals surface area (Å²) in [5.74, 6) is 0.295. The van der Waals surface area contributed by atoms with Gasteiger partial charge in [0.05, 0.1) is 0 Å². The van der Waals surface area contributed by atoms with Gasteiger partial charge in [-0.15, -0.1) is 11.3 Å². The van der Waals surface area contributed by atoms with Gasteiger partial charge in [-0.1, -0.05) is 59.8 Å². The third kappa shape index (κ3) is 8.37. The van der Waals surface area contributed by atoms with Crippen molar-refractivity contribution in [1.82, 2.24) is 5.32 Å². The van der Waals surface area contributed by atoms with E-state index >= 15 is 0 Å². The highest BCUT2D eigenvalue weighted by Crippen LogP contribution is 2.32. The fraction of sp³-hybridized carbons (Fsp3) is 0.762. The van der Waals surface area contributed by atoms with Crippen molar-refractivity contribution in [2.75, 3.05) is 6.54 Å². The molecule has 0 amide bonds. The number of thiophene rings is 1. The maximum Gasteiger partial charge on any atom is 0.303 e. The number of nitrogens with one attached hydrogen (secondary N) is 1. The first-order chi connectivity index (χ1) is 12.0. The monoisotopic (exact) mass is 367 g/mol. The zero-order chi connectivity index (χ0) is 18.7. The van der Waals surface area contributed by atoms with Crippen LogP contribution in [0.4, 0.5) is 0 Å². The average Bonchev–Trinajstić information content (AvgIpc) is 3.06. The van der Waals surface area contributed by atoms with Crippen molar-refractivity contribution in [3.63, 3.8) is 0 Å². The van der Waals surface area contributed by atoms with Crippen molar-refractivity contribution in [2.24, 2.45) is 0 Å². The van der Waals surface area contributed by atoms with Crippen LogP contribution in [0.15, 0.2) is 11.4 Å². The Labute approximate surface area is 158 Å². The van der Waals surface area contributed by atoms with Crippen LogP contribution in [0.1, 0.15) is 102 Å². The van der Waals surface area contributed by atoms with Crippen LogP contribution in [0.5, 0.6) is 0 Å². The normalized spacial score (nSPS) is 13.8. The highest BCUT2D eigenvalue weighted by atomic mass is 32.1. The quantitative estimate of drug-likeness (QED) is 0.333. The van der Waals surface area contributed by atoms with Crippen LogP contribution in [0.25, 0.3) is 0 Å². The SMILES string of the molecule is CCCCCCCCNC(CC)C(OC(C)=O)c1cc(C(C)C)cs1. The van der Waals surface area contributed by atoms with Gasteiger partial charge >= 0.3 is 5.97 Å². The van der Waals surface area contributed by atoms with E-state index in [1.165, 1.54) is 51.0 Å². The number of ether oxygens (including phenoxy) is 1. The largest absolute Gasteiger partial charge is 0.455 e. The number of rotatable bonds is 13. The lowest BCUT2D eigenvalue weighted by atomic mass is 10.0. The smallest absolute Gasteiger partial charge is 0.303 e. The lowest BCUT2D eigenvalue weighted by Crippen LogP contribution is -2.36. The predicted octanol–water partition coefficient (Wildman–Crippen LogP) is 6.20. The van der Waals surface area contributed by atoms with E-state index in [1.54, 1.807) is 11.3 Å². The van der Waals surface area contributed by atoms with E-state index in [0.29, 0.717) is 5.92 Å². The Kier molecular flexibility index (Phi) is 11.1. The Hall–Kier alpha value is -0.870. The molecule has 1 N–H and O–H groups in total. The van der Waals surface area contributed by atoms with Crippen LogP contribution in [0.3, 0.4) is 0 Å². The summed E-state index contributed by atoms with van der Waals surface area (Å²) in [4.78, 5) is 12.8. The van der Waals surface area contributed by atoms with E-state index < -0.39 is 0 Å². The molecule has 0 radical (unpaired) electrons. The van der Waals surface area contributed by atoms with Crippen LogP contribution in [0.2, 0.25) is 0 Å². The van der Waals surface area contributed by atoms with Gasteiger partial charge in [-0.25, -0.2) is 0 Å². The fourth-order valence-electron chi connectivity index (χ4n) is 3.00. The minimum atomic E-state index is -0.204. The van der Waals surface area contributed by atoms with Gasteiger partial charge in [-0.05, 0) is 42.3 Å². The summed E-state index contributed by atoms with van der Waals surface area (Å²) in [5, 5.41) is 5.82. The van der Waals surface area contributed by atoms with Crippen LogP contribution in [-0.4, -0.2) is 18.6 Å². The summed E-state index contributed by atoms with van der Waals surface area (Å²) in [7, 11) is 0. The molecule has 1 aromatic heterocycles. The van der Waals surface area contributed by atoms with Gasteiger partial charge in [-0.3, -0.25) is 4.79 Å². The predicted molar refractivity (Wildman–Crippen MR) is 108 cm³/mol. The molecule has 0 aromatic carbocycles. The Morgan fingerprint density at radius 2 is 1.84 bits per heavy atom. The molecule has 0 bridgehead atoms. The summed E-state index contributed by atoms with van der Waals surface area (Å²) in [6, 6.07) is 2.39.